The van der Waals surface area contributed by atoms with Gasteiger partial charge >= 0.3 is 26.0 Å². The van der Waals surface area contributed by atoms with Crippen LogP contribution in [0.25, 0.3) is 0 Å². The maximum Gasteiger partial charge on any atom is 0.508 e. The molecule has 48 heavy (non-hydrogen) atoms. The Morgan fingerprint density at radius 2 is 0.979 bits per heavy atom. The normalized spacial score (nSPS) is 12.4. The lowest BCUT2D eigenvalue weighted by Gasteiger charge is -2.26. The van der Waals surface area contributed by atoms with Crippen molar-refractivity contribution in [2.45, 2.75) is 142 Å². The van der Waals surface area contributed by atoms with Gasteiger partial charge in [-0.15, -0.1) is 4.76 Å². The Labute approximate surface area is 288 Å². The number of rotatable bonds is 31. The van der Waals surface area contributed by atoms with Crippen LogP contribution < -0.4 is 5.73 Å². The summed E-state index contributed by atoms with van der Waals surface area (Å²) in [6.45, 7) is 6.90. The van der Waals surface area contributed by atoms with E-state index in [1.54, 1.807) is 0 Å². The lowest BCUT2D eigenvalue weighted by molar-refractivity contribution is -0.141. The van der Waals surface area contributed by atoms with Crippen LogP contribution in [0, 0.1) is 0 Å². The third-order valence-electron chi connectivity index (χ3n) is 7.36. The first-order valence-corrected chi connectivity index (χ1v) is 19.4. The molecule has 0 aromatic rings. The maximum atomic E-state index is 13.5. The fourth-order valence-electron chi connectivity index (χ4n) is 4.45. The first-order valence-electron chi connectivity index (χ1n) is 17.9. The summed E-state index contributed by atoms with van der Waals surface area (Å²) in [5, 5.41) is 9.57. The molecular formula is C33H64N3O11P. The quantitative estimate of drug-likeness (QED) is 0.0231. The lowest BCUT2D eigenvalue weighted by Crippen LogP contribution is -2.46. The third-order valence-corrected chi connectivity index (χ3v) is 8.83. The standard InChI is InChI=1S/C33H64N3O11P/c1-5-8-10-12-14-16-23-42-32(39)44-25-18-20-27-46-48(41,35-31(34)36(4)29(22-7-3)30(37)38)47-28-21-19-26-45-33(40)43-24-17-15-13-11-9-6-2/h29H,5-28H2,1-4H3,(H,37,38)(H2,34,35,41). The number of likely N-dealkylation sites (N-methyl/N-ethyl adjacent to an activating group) is 1. The van der Waals surface area contributed by atoms with Crippen LogP contribution in [0.4, 0.5) is 9.59 Å². The van der Waals surface area contributed by atoms with E-state index >= 15 is 0 Å². The number of aliphatic carboxylic acids is 1. The molecule has 0 radical (unpaired) electrons. The number of hydrogen-bond acceptors (Lipinski definition) is 10. The van der Waals surface area contributed by atoms with E-state index in [9.17, 15) is 24.1 Å². The minimum atomic E-state index is -4.15. The predicted octanol–water partition coefficient (Wildman–Crippen LogP) is 8.22. The summed E-state index contributed by atoms with van der Waals surface area (Å²) in [5.41, 5.74) is 6.04. The van der Waals surface area contributed by atoms with E-state index < -0.39 is 32.1 Å². The van der Waals surface area contributed by atoms with Gasteiger partial charge in [-0.2, -0.15) is 0 Å². The summed E-state index contributed by atoms with van der Waals surface area (Å²) in [7, 11) is -2.70. The number of carbonyl (C=O) groups excluding carboxylic acids is 2. The Balaban J connectivity index is 4.69. The molecule has 282 valence electrons. The van der Waals surface area contributed by atoms with E-state index in [0.29, 0.717) is 51.7 Å². The molecule has 0 heterocycles. The molecule has 1 unspecified atom stereocenters. The van der Waals surface area contributed by atoms with Crippen LogP contribution in [-0.2, 0) is 37.4 Å². The molecule has 0 aromatic carbocycles. The highest BCUT2D eigenvalue weighted by atomic mass is 31.2. The van der Waals surface area contributed by atoms with Crippen molar-refractivity contribution in [3.8, 4) is 0 Å². The van der Waals surface area contributed by atoms with Crippen molar-refractivity contribution in [1.82, 2.24) is 4.90 Å². The minimum absolute atomic E-state index is 0.0428. The zero-order valence-corrected chi connectivity index (χ0v) is 30.9. The van der Waals surface area contributed by atoms with Crippen LogP contribution >= 0.6 is 7.75 Å². The second-order valence-corrected chi connectivity index (χ2v) is 13.3. The fraction of sp³-hybridized carbons (Fsp3) is 0.879. The van der Waals surface area contributed by atoms with Gasteiger partial charge in [0.15, 0.2) is 0 Å². The van der Waals surface area contributed by atoms with E-state index in [1.807, 2.05) is 6.92 Å². The zero-order chi connectivity index (χ0) is 35.9. The number of guanidine groups is 1. The SMILES string of the molecule is CCCCCCCCOC(=O)OCCCCOP(=O)(N=C(N)N(C)C(CCC)C(=O)O)OCCCCOC(=O)OCCCCCCCC. The summed E-state index contributed by atoms with van der Waals surface area (Å²) in [6, 6.07) is -0.969. The molecule has 0 rings (SSSR count). The third kappa shape index (κ3) is 25.4. The number of nitrogens with two attached hydrogens (primary N) is 1. The van der Waals surface area contributed by atoms with Crippen LogP contribution in [0.2, 0.25) is 0 Å². The van der Waals surface area contributed by atoms with Gasteiger partial charge in [-0.1, -0.05) is 91.4 Å². The first-order chi connectivity index (χ1) is 23.1. The van der Waals surface area contributed by atoms with E-state index in [1.165, 1.54) is 50.5 Å². The number of nitrogens with zero attached hydrogens (tertiary/aromatic N) is 2. The highest BCUT2D eigenvalue weighted by molar-refractivity contribution is 7.52. The molecule has 14 nitrogen and oxygen atoms in total. The summed E-state index contributed by atoms with van der Waals surface area (Å²) in [5.74, 6) is -1.39. The number of ether oxygens (including phenoxy) is 4. The average Bonchev–Trinajstić information content (AvgIpc) is 3.05. The first kappa shape index (κ1) is 45.4. The number of unbranched alkanes of at least 4 members (excludes halogenated alkanes) is 12. The largest absolute Gasteiger partial charge is 0.508 e. The smallest absolute Gasteiger partial charge is 0.480 e. The van der Waals surface area contributed by atoms with E-state index in [-0.39, 0.29) is 32.4 Å². The Morgan fingerprint density at radius 3 is 1.35 bits per heavy atom. The molecule has 3 N–H and O–H groups in total. The molecule has 0 aliphatic carbocycles. The van der Waals surface area contributed by atoms with Crippen molar-refractivity contribution in [3.05, 3.63) is 0 Å². The van der Waals surface area contributed by atoms with Crippen molar-refractivity contribution in [2.24, 2.45) is 10.5 Å². The molecule has 0 aliphatic rings. The van der Waals surface area contributed by atoms with Gasteiger partial charge < -0.3 is 34.7 Å². The highest BCUT2D eigenvalue weighted by Crippen LogP contribution is 2.50. The van der Waals surface area contributed by atoms with Crippen molar-refractivity contribution in [1.29, 1.82) is 0 Å². The van der Waals surface area contributed by atoms with Crippen molar-refractivity contribution in [2.75, 3.05) is 46.7 Å². The number of carbonyl (C=O) groups is 3. The van der Waals surface area contributed by atoms with Gasteiger partial charge in [-0.05, 0) is 44.9 Å². The summed E-state index contributed by atoms with van der Waals surface area (Å²) < 4.78 is 48.9. The molecule has 0 saturated carbocycles. The average molecular weight is 710 g/mol. The summed E-state index contributed by atoms with van der Waals surface area (Å²) in [6.07, 6.45) is 14.0. The molecule has 0 bridgehead atoms. The molecule has 0 spiro atoms. The predicted molar refractivity (Wildman–Crippen MR) is 185 cm³/mol. The number of carboxylic acids is 1. The second kappa shape index (κ2) is 30.5. The van der Waals surface area contributed by atoms with E-state index in [4.69, 9.17) is 33.7 Å². The molecule has 0 aromatic heterocycles. The Morgan fingerprint density at radius 1 is 0.625 bits per heavy atom. The van der Waals surface area contributed by atoms with Crippen molar-refractivity contribution in [3.63, 3.8) is 0 Å². The minimum Gasteiger partial charge on any atom is -0.480 e. The lowest BCUT2D eigenvalue weighted by atomic mass is 10.1. The van der Waals surface area contributed by atoms with Crippen LogP contribution in [0.3, 0.4) is 0 Å². The van der Waals surface area contributed by atoms with Crippen LogP contribution in [0.15, 0.2) is 4.76 Å². The molecule has 0 fully saturated rings. The van der Waals surface area contributed by atoms with Gasteiger partial charge in [0.05, 0.1) is 39.6 Å². The zero-order valence-electron chi connectivity index (χ0n) is 30.0. The Hall–Kier alpha value is -2.57. The molecular weight excluding hydrogens is 645 g/mol. The highest BCUT2D eigenvalue weighted by Gasteiger charge is 2.29. The number of carboxylic acid groups (broad SMARTS) is 1. The fourth-order valence-corrected chi connectivity index (χ4v) is 5.75. The molecule has 15 heteroatoms. The number of hydrogen-bond donors (Lipinski definition) is 2. The summed E-state index contributed by atoms with van der Waals surface area (Å²) in [4.78, 5) is 36.5. The van der Waals surface area contributed by atoms with E-state index in [2.05, 4.69) is 18.6 Å². The maximum absolute atomic E-state index is 13.5. The van der Waals surface area contributed by atoms with Crippen LogP contribution in [-0.4, -0.2) is 87.0 Å². The van der Waals surface area contributed by atoms with Crippen LogP contribution in [0.5, 0.6) is 0 Å². The monoisotopic (exact) mass is 709 g/mol. The topological polar surface area (TPSA) is 186 Å². The van der Waals surface area contributed by atoms with Gasteiger partial charge in [-0.25, -0.2) is 18.9 Å². The summed E-state index contributed by atoms with van der Waals surface area (Å²) >= 11 is 0. The molecule has 0 aliphatic heterocycles. The van der Waals surface area contributed by atoms with Gasteiger partial charge in [-0.3, -0.25) is 9.05 Å². The molecule has 0 saturated heterocycles. The van der Waals surface area contributed by atoms with Crippen molar-refractivity contribution < 1.29 is 52.1 Å². The van der Waals surface area contributed by atoms with Crippen LogP contribution in [0.1, 0.15) is 136 Å². The Kier molecular flexibility index (Phi) is 28.9. The molecule has 0 amide bonds. The van der Waals surface area contributed by atoms with E-state index in [0.717, 1.165) is 38.5 Å². The van der Waals surface area contributed by atoms with Gasteiger partial charge in [0.1, 0.15) is 6.04 Å². The van der Waals surface area contributed by atoms with Gasteiger partial charge in [0.2, 0.25) is 5.96 Å². The molecule has 1 atom stereocenters. The second-order valence-electron chi connectivity index (χ2n) is 11.7. The van der Waals surface area contributed by atoms with Gasteiger partial charge in [0, 0.05) is 7.05 Å². The Bertz CT molecular complexity index is 877. The van der Waals surface area contributed by atoms with Crippen molar-refractivity contribution >= 4 is 32.0 Å². The van der Waals surface area contributed by atoms with Gasteiger partial charge in [0.25, 0.3) is 0 Å².